The van der Waals surface area contributed by atoms with Gasteiger partial charge in [0.1, 0.15) is 5.82 Å². The Morgan fingerprint density at radius 3 is 2.37 bits per heavy atom. The van der Waals surface area contributed by atoms with Crippen LogP contribution in [-0.2, 0) is 0 Å². The number of non-ortho nitro benzene ring substituents is 1. The fraction of sp³-hybridized carbons (Fsp3) is 0.0500. The van der Waals surface area contributed by atoms with Gasteiger partial charge in [-0.25, -0.2) is 9.36 Å². The molecule has 4 aromatic rings. The number of aryl methyl sites for hydroxylation is 1. The number of nitro groups is 1. The van der Waals surface area contributed by atoms with Gasteiger partial charge in [-0.2, -0.15) is 10.2 Å². The molecule has 0 radical (unpaired) electrons. The summed E-state index contributed by atoms with van der Waals surface area (Å²) in [4.78, 5) is 23.1. The van der Waals surface area contributed by atoms with E-state index in [1.807, 2.05) is 6.20 Å². The summed E-state index contributed by atoms with van der Waals surface area (Å²) in [6.07, 6.45) is 3.50. The lowest BCUT2D eigenvalue weighted by Gasteiger charge is -2.09. The Hall–Kier alpha value is -3.79. The van der Waals surface area contributed by atoms with Gasteiger partial charge in [0, 0.05) is 30.0 Å². The summed E-state index contributed by atoms with van der Waals surface area (Å²) in [6, 6.07) is 14.7. The standard InChI is InChI=1S/C20H15BrN6O3/c1-13-10-19(26(24-13)17-6-8-18(9-7-17)27(29)30)23-20(28)14-2-4-16(5-3-14)25-12-15(21)11-22-25/h2-12H,1H3,(H,23,28). The van der Waals surface area contributed by atoms with Crippen LogP contribution in [0.5, 0.6) is 0 Å². The van der Waals surface area contributed by atoms with Crippen LogP contribution in [0.15, 0.2) is 71.5 Å². The molecule has 0 aliphatic rings. The van der Waals surface area contributed by atoms with E-state index < -0.39 is 4.92 Å². The maximum atomic E-state index is 12.7. The zero-order chi connectivity index (χ0) is 21.3. The number of nitrogens with zero attached hydrogens (tertiary/aromatic N) is 5. The van der Waals surface area contributed by atoms with Crippen LogP contribution in [-0.4, -0.2) is 30.4 Å². The number of anilines is 1. The van der Waals surface area contributed by atoms with Gasteiger partial charge in [0.05, 0.1) is 32.7 Å². The molecule has 150 valence electrons. The summed E-state index contributed by atoms with van der Waals surface area (Å²) in [5, 5.41) is 22.3. The maximum Gasteiger partial charge on any atom is 0.269 e. The first-order valence-electron chi connectivity index (χ1n) is 8.84. The third-order valence-corrected chi connectivity index (χ3v) is 4.73. The Kier molecular flexibility index (Phi) is 5.15. The number of carbonyl (C=O) groups excluding carboxylic acids is 1. The second-order valence-corrected chi connectivity index (χ2v) is 7.38. The summed E-state index contributed by atoms with van der Waals surface area (Å²) in [6.45, 7) is 1.80. The van der Waals surface area contributed by atoms with Crippen molar-refractivity contribution in [2.75, 3.05) is 5.32 Å². The average molecular weight is 467 g/mol. The first-order valence-corrected chi connectivity index (χ1v) is 9.63. The zero-order valence-corrected chi connectivity index (χ0v) is 17.3. The molecule has 0 aliphatic heterocycles. The highest BCUT2D eigenvalue weighted by Gasteiger charge is 2.14. The van der Waals surface area contributed by atoms with Crippen molar-refractivity contribution >= 4 is 33.3 Å². The Morgan fingerprint density at radius 1 is 1.10 bits per heavy atom. The Bertz CT molecular complexity index is 1230. The van der Waals surface area contributed by atoms with E-state index in [2.05, 4.69) is 31.4 Å². The van der Waals surface area contributed by atoms with E-state index in [0.717, 1.165) is 10.2 Å². The highest BCUT2D eigenvalue weighted by atomic mass is 79.9. The van der Waals surface area contributed by atoms with E-state index in [0.29, 0.717) is 22.8 Å². The minimum Gasteiger partial charge on any atom is -0.306 e. The van der Waals surface area contributed by atoms with Crippen molar-refractivity contribution in [2.24, 2.45) is 0 Å². The molecule has 1 N–H and O–H groups in total. The monoisotopic (exact) mass is 466 g/mol. The van der Waals surface area contributed by atoms with Crippen LogP contribution in [0.1, 0.15) is 16.1 Å². The predicted molar refractivity (Wildman–Crippen MR) is 114 cm³/mol. The van der Waals surface area contributed by atoms with Gasteiger partial charge in [-0.15, -0.1) is 0 Å². The highest BCUT2D eigenvalue weighted by Crippen LogP contribution is 2.21. The largest absolute Gasteiger partial charge is 0.306 e. The SMILES string of the molecule is Cc1cc(NC(=O)c2ccc(-n3cc(Br)cn3)cc2)n(-c2ccc([N+](=O)[O-])cc2)n1. The molecule has 1 amide bonds. The van der Waals surface area contributed by atoms with E-state index in [4.69, 9.17) is 0 Å². The number of rotatable bonds is 5. The molecule has 0 saturated carbocycles. The van der Waals surface area contributed by atoms with E-state index in [1.165, 1.54) is 16.8 Å². The molecule has 30 heavy (non-hydrogen) atoms. The average Bonchev–Trinajstić information content (AvgIpc) is 3.33. The summed E-state index contributed by atoms with van der Waals surface area (Å²) < 4.78 is 4.09. The van der Waals surface area contributed by atoms with Crippen LogP contribution in [0, 0.1) is 17.0 Å². The number of nitro benzene ring substituents is 1. The van der Waals surface area contributed by atoms with Crippen molar-refractivity contribution in [3.63, 3.8) is 0 Å². The molecule has 4 rings (SSSR count). The molecule has 10 heteroatoms. The number of halogens is 1. The molecule has 0 bridgehead atoms. The van der Waals surface area contributed by atoms with E-state index in [-0.39, 0.29) is 11.6 Å². The lowest BCUT2D eigenvalue weighted by Crippen LogP contribution is -2.15. The van der Waals surface area contributed by atoms with Crippen LogP contribution < -0.4 is 5.32 Å². The fourth-order valence-electron chi connectivity index (χ4n) is 2.90. The van der Waals surface area contributed by atoms with Gasteiger partial charge < -0.3 is 5.32 Å². The fourth-order valence-corrected chi connectivity index (χ4v) is 3.18. The lowest BCUT2D eigenvalue weighted by molar-refractivity contribution is -0.384. The van der Waals surface area contributed by atoms with Gasteiger partial charge in [0.25, 0.3) is 11.6 Å². The molecule has 0 saturated heterocycles. The van der Waals surface area contributed by atoms with Crippen molar-refractivity contribution in [2.45, 2.75) is 6.92 Å². The summed E-state index contributed by atoms with van der Waals surface area (Å²) in [5.41, 5.74) is 2.58. The third kappa shape index (κ3) is 3.98. The molecule has 0 fully saturated rings. The molecule has 2 heterocycles. The Labute approximate surface area is 179 Å². The molecule has 2 aromatic heterocycles. The van der Waals surface area contributed by atoms with Crippen molar-refractivity contribution < 1.29 is 9.72 Å². The van der Waals surface area contributed by atoms with Crippen LogP contribution in [0.4, 0.5) is 11.5 Å². The Balaban J connectivity index is 1.56. The minimum absolute atomic E-state index is 0.0162. The van der Waals surface area contributed by atoms with Crippen molar-refractivity contribution in [3.8, 4) is 11.4 Å². The second kappa shape index (κ2) is 7.91. The first kappa shape index (κ1) is 19.5. The number of benzene rings is 2. The number of aromatic nitrogens is 4. The van der Waals surface area contributed by atoms with Crippen molar-refractivity contribution in [1.29, 1.82) is 0 Å². The molecule has 0 aliphatic carbocycles. The quantitative estimate of drug-likeness (QED) is 0.348. The molecular formula is C20H15BrN6O3. The molecular weight excluding hydrogens is 452 g/mol. The van der Waals surface area contributed by atoms with Crippen molar-refractivity contribution in [1.82, 2.24) is 19.6 Å². The predicted octanol–water partition coefficient (Wildman–Crippen LogP) is 4.29. The van der Waals surface area contributed by atoms with Crippen molar-refractivity contribution in [3.05, 3.63) is 92.8 Å². The molecule has 0 unspecified atom stereocenters. The van der Waals surface area contributed by atoms with Crippen LogP contribution in [0.3, 0.4) is 0 Å². The second-order valence-electron chi connectivity index (χ2n) is 6.46. The lowest BCUT2D eigenvalue weighted by atomic mass is 10.2. The van der Waals surface area contributed by atoms with Gasteiger partial charge >= 0.3 is 0 Å². The van der Waals surface area contributed by atoms with Crippen LogP contribution in [0.2, 0.25) is 0 Å². The van der Waals surface area contributed by atoms with Crippen LogP contribution in [0.25, 0.3) is 11.4 Å². The molecule has 0 spiro atoms. The zero-order valence-electron chi connectivity index (χ0n) is 15.7. The van der Waals surface area contributed by atoms with Gasteiger partial charge in [-0.1, -0.05) is 0 Å². The van der Waals surface area contributed by atoms with Gasteiger partial charge in [-0.3, -0.25) is 14.9 Å². The van der Waals surface area contributed by atoms with E-state index >= 15 is 0 Å². The highest BCUT2D eigenvalue weighted by molar-refractivity contribution is 9.10. The van der Waals surface area contributed by atoms with E-state index in [9.17, 15) is 14.9 Å². The molecule has 0 atom stereocenters. The Morgan fingerprint density at radius 2 is 1.77 bits per heavy atom. The summed E-state index contributed by atoms with van der Waals surface area (Å²) in [7, 11) is 0. The van der Waals surface area contributed by atoms with Gasteiger partial charge in [-0.05, 0) is 59.3 Å². The number of hydrogen-bond acceptors (Lipinski definition) is 5. The topological polar surface area (TPSA) is 108 Å². The number of carbonyl (C=O) groups is 1. The molecule has 9 nitrogen and oxygen atoms in total. The smallest absolute Gasteiger partial charge is 0.269 e. The van der Waals surface area contributed by atoms with E-state index in [1.54, 1.807) is 60.3 Å². The third-order valence-electron chi connectivity index (χ3n) is 4.32. The maximum absolute atomic E-state index is 12.7. The van der Waals surface area contributed by atoms with Crippen LogP contribution >= 0.6 is 15.9 Å². The summed E-state index contributed by atoms with van der Waals surface area (Å²) in [5.74, 6) is 0.165. The summed E-state index contributed by atoms with van der Waals surface area (Å²) >= 11 is 3.35. The number of nitrogens with one attached hydrogen (secondary N) is 1. The number of amides is 1. The van der Waals surface area contributed by atoms with Gasteiger partial charge in [0.2, 0.25) is 0 Å². The van der Waals surface area contributed by atoms with Gasteiger partial charge in [0.15, 0.2) is 0 Å². The molecule has 2 aromatic carbocycles. The minimum atomic E-state index is -0.466. The number of hydrogen-bond donors (Lipinski definition) is 1. The first-order chi connectivity index (χ1) is 14.4. The normalized spacial score (nSPS) is 10.7.